The van der Waals surface area contributed by atoms with Crippen LogP contribution in [0.25, 0.3) is 0 Å². The second kappa shape index (κ2) is 7.16. The highest BCUT2D eigenvalue weighted by Gasteiger charge is 2.57. The van der Waals surface area contributed by atoms with E-state index in [4.69, 9.17) is 0 Å². The molecule has 5 nitrogen and oxygen atoms in total. The highest BCUT2D eigenvalue weighted by molar-refractivity contribution is 6.05. The van der Waals surface area contributed by atoms with Crippen molar-refractivity contribution in [3.05, 3.63) is 71.8 Å². The van der Waals surface area contributed by atoms with Crippen molar-refractivity contribution >= 4 is 11.9 Å². The molecule has 0 spiro atoms. The highest BCUT2D eigenvalue weighted by Crippen LogP contribution is 2.38. The van der Waals surface area contributed by atoms with Gasteiger partial charge in [0, 0.05) is 6.42 Å². The van der Waals surface area contributed by atoms with Gasteiger partial charge in [-0.3, -0.25) is 14.6 Å². The van der Waals surface area contributed by atoms with Crippen molar-refractivity contribution in [3.8, 4) is 0 Å². The van der Waals surface area contributed by atoms with Gasteiger partial charge in [-0.05, 0) is 16.5 Å². The summed E-state index contributed by atoms with van der Waals surface area (Å²) >= 11 is 0. The lowest BCUT2D eigenvalue weighted by Gasteiger charge is -2.35. The van der Waals surface area contributed by atoms with Gasteiger partial charge in [0.05, 0.1) is 13.1 Å². The third kappa shape index (κ3) is 4.03. The lowest BCUT2D eigenvalue weighted by atomic mass is 9.85. The molecule has 0 aliphatic carbocycles. The molecule has 0 saturated carbocycles. The molecule has 142 valence electrons. The lowest BCUT2D eigenvalue weighted by Crippen LogP contribution is -2.51. The lowest BCUT2D eigenvalue weighted by molar-refractivity contribution is -0.159. The molecule has 1 aliphatic heterocycles. The smallest absolute Gasteiger partial charge is 0.330 e. The van der Waals surface area contributed by atoms with E-state index in [1.807, 2.05) is 81.4 Å². The molecule has 0 radical (unpaired) electrons. The number of rotatable bonds is 5. The van der Waals surface area contributed by atoms with E-state index in [1.165, 1.54) is 4.90 Å². The summed E-state index contributed by atoms with van der Waals surface area (Å²) in [6.45, 7) is 6.18. The van der Waals surface area contributed by atoms with Crippen molar-refractivity contribution in [3.63, 3.8) is 0 Å². The van der Waals surface area contributed by atoms with Crippen LogP contribution in [0.3, 0.4) is 0 Å². The summed E-state index contributed by atoms with van der Waals surface area (Å²) in [5, 5.41) is 11.3. The Hall–Kier alpha value is -2.66. The molecule has 1 heterocycles. The van der Waals surface area contributed by atoms with E-state index in [-0.39, 0.29) is 24.9 Å². The van der Waals surface area contributed by atoms with Crippen LogP contribution in [0.1, 0.15) is 38.3 Å². The molecule has 3 rings (SSSR count). The molecular weight excluding hydrogens is 340 g/mol. The predicted octanol–water partition coefficient (Wildman–Crippen LogP) is 3.78. The van der Waals surface area contributed by atoms with Gasteiger partial charge in [0.25, 0.3) is 5.91 Å². The number of benzene rings is 2. The van der Waals surface area contributed by atoms with Crippen molar-refractivity contribution in [2.45, 2.75) is 46.0 Å². The normalized spacial score (nSPS) is 20.4. The van der Waals surface area contributed by atoms with Gasteiger partial charge in [-0.25, -0.2) is 4.79 Å². The van der Waals surface area contributed by atoms with Crippen LogP contribution < -0.4 is 0 Å². The van der Waals surface area contributed by atoms with Crippen LogP contribution >= 0.6 is 0 Å². The molecule has 1 saturated heterocycles. The van der Waals surface area contributed by atoms with Crippen LogP contribution in [0.5, 0.6) is 0 Å². The number of carbonyl (C=O) groups excluding carboxylic acids is 2. The molecule has 2 aromatic carbocycles. The molecule has 1 atom stereocenters. The van der Waals surface area contributed by atoms with Crippen molar-refractivity contribution in [2.24, 2.45) is 5.41 Å². The second-order valence-electron chi connectivity index (χ2n) is 8.29. The average molecular weight is 366 g/mol. The van der Waals surface area contributed by atoms with Gasteiger partial charge in [-0.1, -0.05) is 81.4 Å². The molecule has 1 fully saturated rings. The van der Waals surface area contributed by atoms with E-state index in [0.717, 1.165) is 16.0 Å². The summed E-state index contributed by atoms with van der Waals surface area (Å²) in [7, 11) is 0. The van der Waals surface area contributed by atoms with Crippen LogP contribution in [-0.2, 0) is 17.9 Å². The Morgan fingerprint density at radius 1 is 0.852 bits per heavy atom. The highest BCUT2D eigenvalue weighted by atomic mass is 16.3. The molecule has 5 heteroatoms. The first-order valence-electron chi connectivity index (χ1n) is 9.14. The molecule has 2 aromatic rings. The number of carbonyl (C=O) groups is 2. The van der Waals surface area contributed by atoms with Crippen molar-refractivity contribution in [1.29, 1.82) is 0 Å². The third-order valence-electron chi connectivity index (χ3n) is 4.64. The maximum atomic E-state index is 13.1. The summed E-state index contributed by atoms with van der Waals surface area (Å²) in [5.74, 6) is -0.554. The number of imide groups is 1. The zero-order valence-corrected chi connectivity index (χ0v) is 16.1. The van der Waals surface area contributed by atoms with Crippen LogP contribution in [-0.4, -0.2) is 32.6 Å². The minimum atomic E-state index is -1.85. The largest absolute Gasteiger partial charge is 0.363 e. The van der Waals surface area contributed by atoms with Crippen molar-refractivity contribution < 1.29 is 14.7 Å². The molecule has 0 bridgehead atoms. The van der Waals surface area contributed by atoms with Crippen LogP contribution in [0, 0.1) is 5.41 Å². The van der Waals surface area contributed by atoms with Gasteiger partial charge in [0.2, 0.25) is 5.72 Å². The Bertz CT molecular complexity index is 814. The maximum absolute atomic E-state index is 13.1. The quantitative estimate of drug-likeness (QED) is 0.820. The van der Waals surface area contributed by atoms with Crippen molar-refractivity contribution in [2.75, 3.05) is 0 Å². The summed E-state index contributed by atoms with van der Waals surface area (Å²) in [6.07, 6.45) is 0.169. The predicted molar refractivity (Wildman–Crippen MR) is 103 cm³/mol. The van der Waals surface area contributed by atoms with E-state index in [1.54, 1.807) is 0 Å². The minimum absolute atomic E-state index is 0.149. The summed E-state index contributed by atoms with van der Waals surface area (Å²) in [4.78, 5) is 28.7. The SMILES string of the molecule is CC(C)(C)CC1(O)C(=O)N(Cc2ccccc2)C(=O)N1Cc1ccccc1. The number of urea groups is 1. The summed E-state index contributed by atoms with van der Waals surface area (Å²) in [5.41, 5.74) is -0.464. The molecular formula is C22H26N2O3. The van der Waals surface area contributed by atoms with Gasteiger partial charge in [0.1, 0.15) is 0 Å². The summed E-state index contributed by atoms with van der Waals surface area (Å²) < 4.78 is 0. The first kappa shape index (κ1) is 19.1. The first-order chi connectivity index (χ1) is 12.7. The fourth-order valence-electron chi connectivity index (χ4n) is 3.50. The van der Waals surface area contributed by atoms with Gasteiger partial charge >= 0.3 is 6.03 Å². The van der Waals surface area contributed by atoms with E-state index in [0.29, 0.717) is 0 Å². The van der Waals surface area contributed by atoms with Crippen LogP contribution in [0.4, 0.5) is 4.79 Å². The molecule has 0 aromatic heterocycles. The zero-order valence-electron chi connectivity index (χ0n) is 16.1. The second-order valence-corrected chi connectivity index (χ2v) is 8.29. The molecule has 1 unspecified atom stereocenters. The maximum Gasteiger partial charge on any atom is 0.330 e. The first-order valence-corrected chi connectivity index (χ1v) is 9.14. The van der Waals surface area contributed by atoms with E-state index >= 15 is 0 Å². The number of hydrogen-bond donors (Lipinski definition) is 1. The molecule has 3 amide bonds. The summed E-state index contributed by atoms with van der Waals surface area (Å²) in [6, 6.07) is 18.3. The fourth-order valence-corrected chi connectivity index (χ4v) is 3.50. The van der Waals surface area contributed by atoms with Crippen LogP contribution in [0.15, 0.2) is 60.7 Å². The van der Waals surface area contributed by atoms with Gasteiger partial charge < -0.3 is 5.11 Å². The minimum Gasteiger partial charge on any atom is -0.363 e. The molecule has 1 N–H and O–H groups in total. The Morgan fingerprint density at radius 2 is 1.33 bits per heavy atom. The molecule has 1 aliphatic rings. The number of aliphatic hydroxyl groups is 1. The van der Waals surface area contributed by atoms with Crippen molar-refractivity contribution in [1.82, 2.24) is 9.80 Å². The Labute approximate surface area is 160 Å². The third-order valence-corrected chi connectivity index (χ3v) is 4.64. The number of nitrogens with zero attached hydrogens (tertiary/aromatic N) is 2. The Balaban J connectivity index is 1.94. The number of hydrogen-bond acceptors (Lipinski definition) is 3. The van der Waals surface area contributed by atoms with Gasteiger partial charge in [-0.15, -0.1) is 0 Å². The number of amides is 3. The average Bonchev–Trinajstić information content (AvgIpc) is 2.78. The zero-order chi connectivity index (χ0) is 19.7. The van der Waals surface area contributed by atoms with E-state index in [2.05, 4.69) is 0 Å². The van der Waals surface area contributed by atoms with Crippen LogP contribution in [0.2, 0.25) is 0 Å². The van der Waals surface area contributed by atoms with Gasteiger partial charge in [-0.2, -0.15) is 0 Å². The van der Waals surface area contributed by atoms with E-state index < -0.39 is 17.7 Å². The van der Waals surface area contributed by atoms with Gasteiger partial charge in [0.15, 0.2) is 0 Å². The molecule has 27 heavy (non-hydrogen) atoms. The standard InChI is InChI=1S/C22H26N2O3/c1-21(2,3)16-22(27)19(25)23(14-17-10-6-4-7-11-17)20(26)24(22)15-18-12-8-5-9-13-18/h4-13,27H,14-16H2,1-3H3. The Kier molecular flexibility index (Phi) is 5.07. The fraction of sp³-hybridized carbons (Fsp3) is 0.364. The topological polar surface area (TPSA) is 60.9 Å². The Morgan fingerprint density at radius 3 is 1.81 bits per heavy atom. The van der Waals surface area contributed by atoms with E-state index in [9.17, 15) is 14.7 Å². The monoisotopic (exact) mass is 366 g/mol.